The first kappa shape index (κ1) is 14.9. The number of hydrogen-bond acceptors (Lipinski definition) is 2. The van der Waals surface area contributed by atoms with E-state index in [1.165, 1.54) is 16.6 Å². The summed E-state index contributed by atoms with van der Waals surface area (Å²) in [7, 11) is 2.58. The number of aryl methyl sites for hydroxylation is 2. The summed E-state index contributed by atoms with van der Waals surface area (Å²) < 4.78 is 0. The second kappa shape index (κ2) is 6.28. The van der Waals surface area contributed by atoms with E-state index in [9.17, 15) is 5.11 Å². The normalized spacial score (nSPS) is 11.2. The molecule has 106 valence electrons. The molecule has 0 spiro atoms. The Morgan fingerprint density at radius 2 is 1.70 bits per heavy atom. The van der Waals surface area contributed by atoms with Gasteiger partial charge in [-0.05, 0) is 38.0 Å². The second-order valence-corrected chi connectivity index (χ2v) is 6.37. The van der Waals surface area contributed by atoms with Crippen molar-refractivity contribution in [2.24, 2.45) is 0 Å². The summed E-state index contributed by atoms with van der Waals surface area (Å²) in [6.07, 6.45) is 0. The van der Waals surface area contributed by atoms with Crippen LogP contribution in [0.15, 0.2) is 36.4 Å². The molecular formula is C17H22NOP. The molecule has 2 aromatic rings. The smallest absolute Gasteiger partial charge is 0.126 e. The Balaban J connectivity index is 2.45. The van der Waals surface area contributed by atoms with Gasteiger partial charge in [0.1, 0.15) is 5.75 Å². The minimum Gasteiger partial charge on any atom is -0.507 e. The van der Waals surface area contributed by atoms with Crippen LogP contribution in [-0.2, 0) is 0 Å². The Bertz CT molecular complexity index is 610. The number of hydrogen-bond donors (Lipinski definition) is 1. The maximum atomic E-state index is 10.2. The van der Waals surface area contributed by atoms with Gasteiger partial charge < -0.3 is 10.0 Å². The summed E-state index contributed by atoms with van der Waals surface area (Å²) in [6, 6.07) is 12.4. The first-order chi connectivity index (χ1) is 9.54. The molecule has 0 aliphatic carbocycles. The van der Waals surface area contributed by atoms with Crippen molar-refractivity contribution in [1.29, 1.82) is 0 Å². The Hall–Kier alpha value is -1.53. The van der Waals surface area contributed by atoms with Crippen LogP contribution in [0.3, 0.4) is 0 Å². The molecule has 0 aromatic heterocycles. The second-order valence-electron chi connectivity index (χ2n) is 5.08. The molecule has 2 rings (SSSR count). The average Bonchev–Trinajstić information content (AvgIpc) is 2.45. The van der Waals surface area contributed by atoms with Gasteiger partial charge in [0.25, 0.3) is 0 Å². The number of phenolic OH excluding ortho intramolecular Hbond substituents is 1. The molecule has 3 heteroatoms. The quantitative estimate of drug-likeness (QED) is 0.874. The zero-order valence-electron chi connectivity index (χ0n) is 12.6. The molecule has 1 N–H and O–H groups in total. The highest BCUT2D eigenvalue weighted by molar-refractivity contribution is 7.56. The molecule has 0 amide bonds. The number of anilines is 1. The summed E-state index contributed by atoms with van der Waals surface area (Å²) in [6.45, 7) is 7.21. The first-order valence-corrected chi connectivity index (χ1v) is 7.91. The molecule has 1 unspecified atom stereocenters. The van der Waals surface area contributed by atoms with E-state index in [1.807, 2.05) is 25.1 Å². The van der Waals surface area contributed by atoms with Gasteiger partial charge in [0.05, 0.1) is 0 Å². The highest BCUT2D eigenvalue weighted by Crippen LogP contribution is 2.27. The monoisotopic (exact) mass is 287 g/mol. The van der Waals surface area contributed by atoms with Crippen LogP contribution in [0, 0.1) is 13.8 Å². The zero-order valence-corrected chi connectivity index (χ0v) is 13.6. The third-order valence-electron chi connectivity index (χ3n) is 3.63. The standard InChI is InChI=1S/C17H22NOP/c1-5-18(4)14-10-6-9-13(3)17(14)20-15-11-7-8-12(2)16(15)19/h6-11,19-20H,5H2,1-4H3. The molecule has 2 nitrogen and oxygen atoms in total. The molecule has 0 fully saturated rings. The van der Waals surface area contributed by atoms with Crippen molar-refractivity contribution in [2.75, 3.05) is 18.5 Å². The summed E-state index contributed by atoms with van der Waals surface area (Å²) in [5.74, 6) is 0.430. The number of benzene rings is 2. The van der Waals surface area contributed by atoms with Gasteiger partial charge in [-0.3, -0.25) is 0 Å². The molecule has 0 saturated carbocycles. The first-order valence-electron chi connectivity index (χ1n) is 6.91. The molecule has 0 saturated heterocycles. The fourth-order valence-electron chi connectivity index (χ4n) is 2.20. The number of para-hydroxylation sites is 1. The lowest BCUT2D eigenvalue weighted by molar-refractivity contribution is 0.475. The fraction of sp³-hybridized carbons (Fsp3) is 0.294. The maximum Gasteiger partial charge on any atom is 0.126 e. The largest absolute Gasteiger partial charge is 0.507 e. The summed E-state index contributed by atoms with van der Waals surface area (Å²) in [5.41, 5.74) is 3.47. The van der Waals surface area contributed by atoms with Crippen molar-refractivity contribution >= 4 is 24.9 Å². The number of phenols is 1. The van der Waals surface area contributed by atoms with Gasteiger partial charge in [0.15, 0.2) is 0 Å². The molecule has 0 heterocycles. The van der Waals surface area contributed by atoms with Gasteiger partial charge in [-0.25, -0.2) is 0 Å². The van der Waals surface area contributed by atoms with E-state index < -0.39 is 0 Å². The lowest BCUT2D eigenvalue weighted by Gasteiger charge is -2.22. The number of aromatic hydroxyl groups is 1. The Morgan fingerprint density at radius 3 is 2.40 bits per heavy atom. The highest BCUT2D eigenvalue weighted by Gasteiger charge is 2.12. The topological polar surface area (TPSA) is 23.5 Å². The van der Waals surface area contributed by atoms with Gasteiger partial charge in [-0.1, -0.05) is 38.9 Å². The van der Waals surface area contributed by atoms with E-state index in [1.54, 1.807) is 0 Å². The van der Waals surface area contributed by atoms with Crippen molar-refractivity contribution in [2.45, 2.75) is 20.8 Å². The summed E-state index contributed by atoms with van der Waals surface area (Å²) in [4.78, 5) is 2.25. The Labute approximate surface area is 123 Å². The van der Waals surface area contributed by atoms with Gasteiger partial charge in [-0.2, -0.15) is 0 Å². The van der Waals surface area contributed by atoms with Crippen LogP contribution in [0.4, 0.5) is 5.69 Å². The van der Waals surface area contributed by atoms with Crippen LogP contribution < -0.4 is 15.5 Å². The molecule has 0 aliphatic rings. The van der Waals surface area contributed by atoms with Crippen LogP contribution >= 0.6 is 8.58 Å². The van der Waals surface area contributed by atoms with Crippen molar-refractivity contribution in [3.8, 4) is 5.75 Å². The molecule has 1 atom stereocenters. The summed E-state index contributed by atoms with van der Waals surface area (Å²) >= 11 is 0. The van der Waals surface area contributed by atoms with Crippen LogP contribution in [0.2, 0.25) is 0 Å². The SMILES string of the molecule is CCN(C)c1cccc(C)c1Pc1cccc(C)c1O. The van der Waals surface area contributed by atoms with Crippen molar-refractivity contribution in [1.82, 2.24) is 0 Å². The van der Waals surface area contributed by atoms with E-state index >= 15 is 0 Å². The number of rotatable bonds is 4. The van der Waals surface area contributed by atoms with Crippen molar-refractivity contribution in [3.63, 3.8) is 0 Å². The van der Waals surface area contributed by atoms with Crippen LogP contribution in [-0.4, -0.2) is 18.7 Å². The van der Waals surface area contributed by atoms with Crippen LogP contribution in [0.5, 0.6) is 5.75 Å². The molecule has 2 aromatic carbocycles. The third kappa shape index (κ3) is 2.96. The van der Waals surface area contributed by atoms with Crippen LogP contribution in [0.25, 0.3) is 0 Å². The molecule has 20 heavy (non-hydrogen) atoms. The predicted octanol–water partition coefficient (Wildman–Crippen LogP) is 3.09. The fourth-order valence-corrected chi connectivity index (χ4v) is 3.65. The minimum absolute atomic E-state index is 0.430. The Morgan fingerprint density at radius 1 is 1.05 bits per heavy atom. The molecule has 0 radical (unpaired) electrons. The maximum absolute atomic E-state index is 10.2. The predicted molar refractivity (Wildman–Crippen MR) is 90.5 cm³/mol. The lowest BCUT2D eigenvalue weighted by Crippen LogP contribution is -2.23. The summed E-state index contributed by atoms with van der Waals surface area (Å²) in [5, 5.41) is 12.6. The third-order valence-corrected chi connectivity index (χ3v) is 5.21. The van der Waals surface area contributed by atoms with E-state index in [0.717, 1.165) is 17.4 Å². The van der Waals surface area contributed by atoms with E-state index in [-0.39, 0.29) is 0 Å². The lowest BCUT2D eigenvalue weighted by atomic mass is 10.2. The van der Waals surface area contributed by atoms with Gasteiger partial charge >= 0.3 is 0 Å². The van der Waals surface area contributed by atoms with E-state index in [0.29, 0.717) is 14.3 Å². The van der Waals surface area contributed by atoms with Gasteiger partial charge in [0.2, 0.25) is 0 Å². The zero-order chi connectivity index (χ0) is 14.7. The van der Waals surface area contributed by atoms with Crippen molar-refractivity contribution in [3.05, 3.63) is 47.5 Å². The molecule has 0 bridgehead atoms. The average molecular weight is 287 g/mol. The van der Waals surface area contributed by atoms with E-state index in [4.69, 9.17) is 0 Å². The van der Waals surface area contributed by atoms with Gasteiger partial charge in [-0.15, -0.1) is 0 Å². The number of nitrogens with zero attached hydrogens (tertiary/aromatic N) is 1. The Kier molecular flexibility index (Phi) is 4.67. The minimum atomic E-state index is 0.430. The van der Waals surface area contributed by atoms with Crippen molar-refractivity contribution < 1.29 is 5.11 Å². The molecule has 0 aliphatic heterocycles. The van der Waals surface area contributed by atoms with Crippen LogP contribution in [0.1, 0.15) is 18.1 Å². The van der Waals surface area contributed by atoms with Gasteiger partial charge in [0, 0.05) is 29.9 Å². The molecular weight excluding hydrogens is 265 g/mol. The van der Waals surface area contributed by atoms with E-state index in [2.05, 4.69) is 44.0 Å². The highest BCUT2D eigenvalue weighted by atomic mass is 31.1.